The van der Waals surface area contributed by atoms with Crippen molar-refractivity contribution in [3.8, 4) is 0 Å². The molecule has 0 aromatic rings. The van der Waals surface area contributed by atoms with E-state index in [2.05, 4.69) is 11.3 Å². The largest absolute Gasteiger partial charge is 0.415 e. The highest BCUT2D eigenvalue weighted by molar-refractivity contribution is 4.96. The lowest BCUT2D eigenvalue weighted by atomic mass is 10.1. The summed E-state index contributed by atoms with van der Waals surface area (Å²) in [6, 6.07) is 0. The molecule has 0 aromatic heterocycles. The van der Waals surface area contributed by atoms with Crippen LogP contribution >= 0.6 is 0 Å². The molecule has 21 heavy (non-hydrogen) atoms. The second-order valence-electron chi connectivity index (χ2n) is 4.36. The van der Waals surface area contributed by atoms with Crippen molar-refractivity contribution in [3.05, 3.63) is 12.7 Å². The quantitative estimate of drug-likeness (QED) is 0.447. The van der Waals surface area contributed by atoms with Crippen LogP contribution in [0.5, 0.6) is 0 Å². The Morgan fingerprint density at radius 1 is 0.952 bits per heavy atom. The van der Waals surface area contributed by atoms with E-state index in [-0.39, 0.29) is 11.0 Å². The summed E-state index contributed by atoms with van der Waals surface area (Å²) in [6.45, 7) is -0.352. The highest BCUT2D eigenvalue weighted by Gasteiger charge is 2.56. The molecule has 1 aliphatic heterocycles. The van der Waals surface area contributed by atoms with Gasteiger partial charge in [0.2, 0.25) is 6.30 Å². The Morgan fingerprint density at radius 3 is 1.62 bits per heavy atom. The van der Waals surface area contributed by atoms with Crippen molar-refractivity contribution in [2.45, 2.75) is 36.8 Å². The summed E-state index contributed by atoms with van der Waals surface area (Å²) in [5.74, 6) is -4.29. The van der Waals surface area contributed by atoms with Gasteiger partial charge in [0.05, 0.1) is 0 Å². The van der Waals surface area contributed by atoms with Gasteiger partial charge in [-0.25, -0.2) is 4.39 Å². The number of hydrogen-bond donors (Lipinski definition) is 0. The average molecular weight is 331 g/mol. The number of hydrogen-bond acceptors (Lipinski definition) is 2. The number of alkyl halides is 9. The number of halogens is 9. The minimum atomic E-state index is -5.24. The minimum absolute atomic E-state index is 0.182. The zero-order chi connectivity index (χ0) is 16.6. The van der Waals surface area contributed by atoms with Crippen molar-refractivity contribution in [1.29, 1.82) is 0 Å². The molecule has 3 atom stereocenters. The van der Waals surface area contributed by atoms with Gasteiger partial charge >= 0.3 is 18.3 Å². The third-order valence-electron chi connectivity index (χ3n) is 2.77. The molecule has 1 saturated heterocycles. The van der Waals surface area contributed by atoms with E-state index in [1.807, 2.05) is 0 Å². The Labute approximate surface area is 113 Å². The van der Waals surface area contributed by atoms with Gasteiger partial charge in [0.1, 0.15) is 0 Å². The van der Waals surface area contributed by atoms with E-state index in [0.717, 1.165) is 0 Å². The predicted octanol–water partition coefficient (Wildman–Crippen LogP) is 3.30. The summed E-state index contributed by atoms with van der Waals surface area (Å²) < 4.78 is 118. The molecule has 0 saturated carbocycles. The fourth-order valence-corrected chi connectivity index (χ4v) is 1.67. The van der Waals surface area contributed by atoms with Gasteiger partial charge in [0, 0.05) is 13.1 Å². The van der Waals surface area contributed by atoms with Crippen molar-refractivity contribution >= 4 is 0 Å². The molecular formula is C10H10F9NO. The highest BCUT2D eigenvalue weighted by Crippen LogP contribution is 2.36. The van der Waals surface area contributed by atoms with Crippen LogP contribution in [0.2, 0.25) is 0 Å². The topological polar surface area (TPSA) is 12.5 Å². The molecule has 0 spiro atoms. The number of morpholine rings is 1. The third kappa shape index (κ3) is 4.25. The summed E-state index contributed by atoms with van der Waals surface area (Å²) in [6.07, 6.45) is -20.1. The van der Waals surface area contributed by atoms with Crippen LogP contribution in [0.15, 0.2) is 12.7 Å². The number of ether oxygens (including phenoxy) is 1. The van der Waals surface area contributed by atoms with Crippen LogP contribution < -0.4 is 0 Å². The van der Waals surface area contributed by atoms with Gasteiger partial charge < -0.3 is 4.74 Å². The van der Waals surface area contributed by atoms with Crippen LogP contribution in [0.1, 0.15) is 0 Å². The molecule has 0 aromatic carbocycles. The Hall–Kier alpha value is -0.970. The minimum Gasteiger partial charge on any atom is -0.353 e. The first kappa shape index (κ1) is 18.1. The van der Waals surface area contributed by atoms with Crippen molar-refractivity contribution in [2.75, 3.05) is 13.1 Å². The van der Waals surface area contributed by atoms with E-state index < -0.39 is 49.9 Å². The van der Waals surface area contributed by atoms with Crippen LogP contribution in [-0.2, 0) is 4.74 Å². The first-order valence-electron chi connectivity index (χ1n) is 5.47. The Bertz CT molecular complexity index is 356. The van der Waals surface area contributed by atoms with Gasteiger partial charge in [-0.05, 0) is 6.08 Å². The van der Waals surface area contributed by atoms with E-state index in [0.29, 0.717) is 0 Å². The molecule has 124 valence electrons. The lowest BCUT2D eigenvalue weighted by Gasteiger charge is -2.41. The second kappa shape index (κ2) is 5.67. The van der Waals surface area contributed by atoms with Crippen molar-refractivity contribution in [3.63, 3.8) is 0 Å². The second-order valence-corrected chi connectivity index (χ2v) is 4.36. The van der Waals surface area contributed by atoms with Crippen molar-refractivity contribution in [1.82, 2.24) is 4.90 Å². The maximum Gasteiger partial charge on any atom is 0.415 e. The van der Waals surface area contributed by atoms with E-state index in [4.69, 9.17) is 0 Å². The molecule has 2 nitrogen and oxygen atoms in total. The van der Waals surface area contributed by atoms with E-state index >= 15 is 0 Å². The lowest BCUT2D eigenvalue weighted by molar-refractivity contribution is -0.316. The Kier molecular flexibility index (Phi) is 4.88. The van der Waals surface area contributed by atoms with Gasteiger partial charge in [-0.15, -0.1) is 0 Å². The van der Waals surface area contributed by atoms with Crippen LogP contribution in [0.25, 0.3) is 0 Å². The molecule has 0 amide bonds. The zero-order valence-electron chi connectivity index (χ0n) is 10.2. The van der Waals surface area contributed by atoms with Gasteiger partial charge in [-0.1, -0.05) is 6.58 Å². The van der Waals surface area contributed by atoms with Crippen LogP contribution in [0.4, 0.5) is 39.5 Å². The first-order chi connectivity index (χ1) is 9.29. The Morgan fingerprint density at radius 2 is 1.33 bits per heavy atom. The smallest absolute Gasteiger partial charge is 0.353 e. The van der Waals surface area contributed by atoms with E-state index in [1.54, 1.807) is 0 Å². The van der Waals surface area contributed by atoms with Gasteiger partial charge in [-0.3, -0.25) is 4.90 Å². The average Bonchev–Trinajstić information content (AvgIpc) is 2.35. The van der Waals surface area contributed by atoms with Crippen LogP contribution in [-0.4, -0.2) is 54.8 Å². The number of rotatable bonds is 3. The summed E-state index contributed by atoms with van der Waals surface area (Å²) in [5.41, 5.74) is 0. The molecule has 0 aliphatic carbocycles. The van der Waals surface area contributed by atoms with E-state index in [9.17, 15) is 39.5 Å². The maximum absolute atomic E-state index is 13.5. The lowest BCUT2D eigenvalue weighted by Crippen LogP contribution is -2.61. The summed E-state index contributed by atoms with van der Waals surface area (Å²) in [5, 5.41) is 0. The van der Waals surface area contributed by atoms with Gasteiger partial charge in [0.25, 0.3) is 0 Å². The maximum atomic E-state index is 13.5. The third-order valence-corrected chi connectivity index (χ3v) is 2.77. The predicted molar refractivity (Wildman–Crippen MR) is 52.4 cm³/mol. The molecular weight excluding hydrogens is 321 g/mol. The van der Waals surface area contributed by atoms with E-state index in [1.165, 1.54) is 0 Å². The van der Waals surface area contributed by atoms with Gasteiger partial charge in [-0.2, -0.15) is 35.1 Å². The molecule has 3 unspecified atom stereocenters. The summed E-state index contributed by atoms with van der Waals surface area (Å²) in [4.78, 5) is -0.249. The highest BCUT2D eigenvalue weighted by atomic mass is 19.4. The first-order valence-corrected chi connectivity index (χ1v) is 5.47. The number of nitrogens with zero attached hydrogens (tertiary/aromatic N) is 1. The molecule has 0 bridgehead atoms. The van der Waals surface area contributed by atoms with Crippen molar-refractivity contribution in [2.24, 2.45) is 0 Å². The fourth-order valence-electron chi connectivity index (χ4n) is 1.67. The molecule has 1 rings (SSSR count). The molecule has 1 aliphatic rings. The molecule has 1 fully saturated rings. The molecule has 1 heterocycles. The zero-order valence-corrected chi connectivity index (χ0v) is 10.2. The van der Waals surface area contributed by atoms with Crippen molar-refractivity contribution < 1.29 is 44.3 Å². The fraction of sp³-hybridized carbons (Fsp3) is 0.800. The normalized spacial score (nSPS) is 27.5. The van der Waals surface area contributed by atoms with Crippen LogP contribution in [0.3, 0.4) is 0 Å². The van der Waals surface area contributed by atoms with Gasteiger partial charge in [0.15, 0.2) is 12.2 Å². The Balaban J connectivity index is 3.02. The molecule has 0 radical (unpaired) electrons. The summed E-state index contributed by atoms with van der Waals surface area (Å²) in [7, 11) is 0. The monoisotopic (exact) mass is 331 g/mol. The standard InChI is InChI=1S/C10H10F9NO/c1-2-8(12,13)7(11)20-3-5(9(14,15)16)21-6(4-20)10(17,18)19/h2,5-7H,1,3-4H2. The van der Waals surface area contributed by atoms with Crippen LogP contribution in [0, 0.1) is 0 Å². The summed E-state index contributed by atoms with van der Waals surface area (Å²) >= 11 is 0. The molecule has 11 heteroatoms. The molecule has 0 N–H and O–H groups in total. The SMILES string of the molecule is C=CC(F)(F)C(F)N1CC(C(F)(F)F)OC(C(F)(F)F)C1.